The molecule has 3 nitrogen and oxygen atoms in total. The van der Waals surface area contributed by atoms with Crippen molar-refractivity contribution in [2.24, 2.45) is 5.92 Å². The Morgan fingerprint density at radius 2 is 2.32 bits per heavy atom. The number of aromatic nitrogens is 2. The highest BCUT2D eigenvalue weighted by molar-refractivity contribution is 5.26. The maximum Gasteiger partial charge on any atom is 0.113 e. The summed E-state index contributed by atoms with van der Waals surface area (Å²) in [5.74, 6) is 1.51. The second kappa shape index (κ2) is 5.17. The van der Waals surface area contributed by atoms with Gasteiger partial charge < -0.3 is 9.67 Å². The molecule has 0 bridgehead atoms. The van der Waals surface area contributed by atoms with Gasteiger partial charge in [0.15, 0.2) is 0 Å². The van der Waals surface area contributed by atoms with Crippen molar-refractivity contribution in [2.75, 3.05) is 6.61 Å². The van der Waals surface area contributed by atoms with Crippen LogP contribution >= 0.6 is 0 Å². The van der Waals surface area contributed by atoms with Gasteiger partial charge in [0.25, 0.3) is 0 Å². The van der Waals surface area contributed by atoms with E-state index in [9.17, 15) is 5.11 Å². The molecule has 0 aliphatic carbocycles. The molecule has 1 N–H and O–H groups in total. The Labute approximate surface area is 113 Å². The number of fused-ring (bicyclic) bond motifs is 1. The molecule has 3 heteroatoms. The molecular weight excluding hydrogens is 236 g/mol. The third-order valence-corrected chi connectivity index (χ3v) is 3.97. The molecule has 0 fully saturated rings. The van der Waals surface area contributed by atoms with E-state index in [-0.39, 0.29) is 6.61 Å². The summed E-state index contributed by atoms with van der Waals surface area (Å²) in [5, 5.41) is 9.34. The van der Waals surface area contributed by atoms with E-state index in [4.69, 9.17) is 0 Å². The molecular formula is C16H20N2O. The second-order valence-electron chi connectivity index (χ2n) is 5.53. The minimum Gasteiger partial charge on any atom is -0.396 e. The van der Waals surface area contributed by atoms with Gasteiger partial charge in [-0.05, 0) is 25.3 Å². The predicted octanol–water partition coefficient (Wildman–Crippen LogP) is 2.34. The zero-order valence-electron chi connectivity index (χ0n) is 11.3. The van der Waals surface area contributed by atoms with Crippen molar-refractivity contribution in [3.8, 4) is 0 Å². The molecule has 1 aliphatic heterocycles. The van der Waals surface area contributed by atoms with Crippen LogP contribution in [0.25, 0.3) is 0 Å². The first-order valence-corrected chi connectivity index (χ1v) is 6.96. The molecule has 1 aliphatic rings. The predicted molar refractivity (Wildman–Crippen MR) is 75.1 cm³/mol. The van der Waals surface area contributed by atoms with Crippen molar-refractivity contribution >= 4 is 0 Å². The topological polar surface area (TPSA) is 38.0 Å². The van der Waals surface area contributed by atoms with E-state index in [1.807, 2.05) is 6.20 Å². The van der Waals surface area contributed by atoms with E-state index < -0.39 is 0 Å². The average molecular weight is 256 g/mol. The highest BCUT2D eigenvalue weighted by Gasteiger charge is 2.20. The van der Waals surface area contributed by atoms with Crippen LogP contribution in [0.15, 0.2) is 30.5 Å². The summed E-state index contributed by atoms with van der Waals surface area (Å²) in [7, 11) is 0. The van der Waals surface area contributed by atoms with Gasteiger partial charge in [-0.3, -0.25) is 0 Å². The second-order valence-corrected chi connectivity index (χ2v) is 5.53. The molecule has 1 unspecified atom stereocenters. The van der Waals surface area contributed by atoms with Crippen LogP contribution < -0.4 is 0 Å². The number of benzene rings is 1. The number of imidazole rings is 1. The fourth-order valence-corrected chi connectivity index (χ4v) is 2.87. The number of hydrogen-bond donors (Lipinski definition) is 1. The summed E-state index contributed by atoms with van der Waals surface area (Å²) in [6, 6.07) is 8.59. The van der Waals surface area contributed by atoms with Crippen LogP contribution in [0.5, 0.6) is 0 Å². The first-order valence-electron chi connectivity index (χ1n) is 6.96. The fourth-order valence-electron chi connectivity index (χ4n) is 2.87. The summed E-state index contributed by atoms with van der Waals surface area (Å²) in [6.45, 7) is 3.31. The maximum atomic E-state index is 9.34. The van der Waals surface area contributed by atoms with Gasteiger partial charge >= 0.3 is 0 Å². The van der Waals surface area contributed by atoms with Gasteiger partial charge in [0.05, 0.1) is 0 Å². The number of aliphatic hydroxyl groups excluding tert-OH is 1. The molecule has 1 atom stereocenters. The molecule has 0 saturated carbocycles. The van der Waals surface area contributed by atoms with E-state index in [0.717, 1.165) is 31.6 Å². The first-order chi connectivity index (χ1) is 9.26. The van der Waals surface area contributed by atoms with Gasteiger partial charge in [0, 0.05) is 37.4 Å². The molecule has 0 spiro atoms. The van der Waals surface area contributed by atoms with Crippen molar-refractivity contribution in [1.29, 1.82) is 0 Å². The van der Waals surface area contributed by atoms with Crippen molar-refractivity contribution in [3.05, 3.63) is 53.1 Å². The van der Waals surface area contributed by atoms with E-state index in [2.05, 4.69) is 40.7 Å². The minimum atomic E-state index is 0.279. The van der Waals surface area contributed by atoms with E-state index in [1.54, 1.807) is 0 Å². The lowest BCUT2D eigenvalue weighted by Gasteiger charge is -2.23. The molecule has 2 aromatic rings. The van der Waals surface area contributed by atoms with Crippen LogP contribution in [0.2, 0.25) is 0 Å². The van der Waals surface area contributed by atoms with Gasteiger partial charge in [-0.25, -0.2) is 4.98 Å². The van der Waals surface area contributed by atoms with Crippen LogP contribution in [0.4, 0.5) is 0 Å². The lowest BCUT2D eigenvalue weighted by Crippen LogP contribution is -2.24. The summed E-state index contributed by atoms with van der Waals surface area (Å²) >= 11 is 0. The Morgan fingerprint density at radius 1 is 1.42 bits per heavy atom. The van der Waals surface area contributed by atoms with Crippen LogP contribution in [0.1, 0.15) is 29.1 Å². The average Bonchev–Trinajstić information content (AvgIpc) is 2.81. The number of aliphatic hydroxyl groups is 1. The Hall–Kier alpha value is -1.61. The van der Waals surface area contributed by atoms with Crippen LogP contribution in [-0.4, -0.2) is 21.3 Å². The van der Waals surface area contributed by atoms with Crippen LogP contribution in [0.3, 0.4) is 0 Å². The van der Waals surface area contributed by atoms with E-state index in [0.29, 0.717) is 5.92 Å². The molecule has 0 radical (unpaired) electrons. The van der Waals surface area contributed by atoms with Gasteiger partial charge in [0.1, 0.15) is 5.82 Å². The van der Waals surface area contributed by atoms with E-state index in [1.165, 1.54) is 16.8 Å². The number of rotatable bonds is 3. The quantitative estimate of drug-likeness (QED) is 0.915. The van der Waals surface area contributed by atoms with Crippen molar-refractivity contribution < 1.29 is 5.11 Å². The van der Waals surface area contributed by atoms with Gasteiger partial charge in [0.2, 0.25) is 0 Å². The largest absolute Gasteiger partial charge is 0.396 e. The van der Waals surface area contributed by atoms with Crippen molar-refractivity contribution in [1.82, 2.24) is 9.55 Å². The Balaban J connectivity index is 1.85. The number of aryl methyl sites for hydroxylation is 2. The van der Waals surface area contributed by atoms with Crippen molar-refractivity contribution in [3.63, 3.8) is 0 Å². The highest BCUT2D eigenvalue weighted by Crippen LogP contribution is 2.22. The molecule has 19 heavy (non-hydrogen) atoms. The summed E-state index contributed by atoms with van der Waals surface area (Å²) in [6.07, 6.45) is 4.98. The summed E-state index contributed by atoms with van der Waals surface area (Å²) in [5.41, 5.74) is 3.91. The molecule has 1 aromatic carbocycles. The Morgan fingerprint density at radius 3 is 3.11 bits per heavy atom. The summed E-state index contributed by atoms with van der Waals surface area (Å²) < 4.78 is 2.30. The molecule has 2 heterocycles. The zero-order chi connectivity index (χ0) is 13.2. The third-order valence-electron chi connectivity index (χ3n) is 3.97. The minimum absolute atomic E-state index is 0.279. The summed E-state index contributed by atoms with van der Waals surface area (Å²) in [4.78, 5) is 4.57. The highest BCUT2D eigenvalue weighted by atomic mass is 16.3. The fraction of sp³-hybridized carbons (Fsp3) is 0.438. The van der Waals surface area contributed by atoms with Gasteiger partial charge in [-0.15, -0.1) is 0 Å². The number of hydrogen-bond acceptors (Lipinski definition) is 2. The van der Waals surface area contributed by atoms with Crippen LogP contribution in [0, 0.1) is 12.8 Å². The van der Waals surface area contributed by atoms with Gasteiger partial charge in [-0.2, -0.15) is 0 Å². The molecule has 100 valence electrons. The maximum absolute atomic E-state index is 9.34. The van der Waals surface area contributed by atoms with E-state index >= 15 is 0 Å². The molecule has 3 rings (SSSR count). The molecule has 1 aromatic heterocycles. The monoisotopic (exact) mass is 256 g/mol. The zero-order valence-corrected chi connectivity index (χ0v) is 11.3. The van der Waals surface area contributed by atoms with Crippen LogP contribution in [-0.2, 0) is 19.4 Å². The lowest BCUT2D eigenvalue weighted by atomic mass is 9.99. The van der Waals surface area contributed by atoms with Gasteiger partial charge in [-0.1, -0.05) is 29.8 Å². The third kappa shape index (κ3) is 2.56. The Bertz CT molecular complexity index is 574. The smallest absolute Gasteiger partial charge is 0.113 e. The Kier molecular flexibility index (Phi) is 3.38. The van der Waals surface area contributed by atoms with Crippen molar-refractivity contribution in [2.45, 2.75) is 32.7 Å². The standard InChI is InChI=1S/C16H20N2O/c1-12-3-2-4-13(7-12)8-16-17-9-15-6-5-14(11-19)10-18(15)16/h2-4,7,9,14,19H,5-6,8,10-11H2,1H3. The number of nitrogens with zero attached hydrogens (tertiary/aromatic N) is 2. The SMILES string of the molecule is Cc1cccc(Cc2ncc3n2CC(CO)CC3)c1. The normalized spacial score (nSPS) is 18.3. The molecule has 0 saturated heterocycles. The lowest BCUT2D eigenvalue weighted by molar-refractivity contribution is 0.190. The molecule has 0 amide bonds. The first kappa shape index (κ1) is 12.4.